The highest BCUT2D eigenvalue weighted by molar-refractivity contribution is 5.84. The number of fused-ring (bicyclic) bond motifs is 1. The van der Waals surface area contributed by atoms with E-state index in [0.29, 0.717) is 6.04 Å². The summed E-state index contributed by atoms with van der Waals surface area (Å²) in [6.45, 7) is 3.11. The molecule has 1 aliphatic heterocycles. The topological polar surface area (TPSA) is 42.1 Å². The van der Waals surface area contributed by atoms with E-state index in [1.807, 2.05) is 12.4 Å². The van der Waals surface area contributed by atoms with Gasteiger partial charge in [0.2, 0.25) is 0 Å². The molecule has 0 aliphatic carbocycles. The van der Waals surface area contributed by atoms with Crippen LogP contribution in [0.5, 0.6) is 0 Å². The molecule has 2 N–H and O–H groups in total. The number of nitrogens with two attached hydrogens (primary N) is 1. The van der Waals surface area contributed by atoms with E-state index in [9.17, 15) is 0 Å². The maximum absolute atomic E-state index is 6.03. The predicted molar refractivity (Wildman–Crippen MR) is 74.2 cm³/mol. The molecular weight excluding hydrogens is 222 g/mol. The fraction of sp³-hybridized carbons (Fsp3) is 0.400. The lowest BCUT2D eigenvalue weighted by Gasteiger charge is -2.30. The fourth-order valence-electron chi connectivity index (χ4n) is 2.78. The molecular formula is C15H19N3. The van der Waals surface area contributed by atoms with E-state index in [1.54, 1.807) is 0 Å². The molecule has 1 aliphatic rings. The highest BCUT2D eigenvalue weighted by atomic mass is 15.1. The minimum atomic E-state index is 0.335. The number of likely N-dealkylation sites (tertiary alicyclic amines) is 1. The summed E-state index contributed by atoms with van der Waals surface area (Å²) in [4.78, 5) is 6.78. The lowest BCUT2D eigenvalue weighted by Crippen LogP contribution is -2.42. The first-order valence-electron chi connectivity index (χ1n) is 6.62. The molecule has 1 aromatic carbocycles. The lowest BCUT2D eigenvalue weighted by molar-refractivity contribution is 0.202. The number of piperidine rings is 1. The summed E-state index contributed by atoms with van der Waals surface area (Å²) in [6.07, 6.45) is 6.28. The van der Waals surface area contributed by atoms with Crippen molar-refractivity contribution in [2.45, 2.75) is 25.4 Å². The van der Waals surface area contributed by atoms with Crippen molar-refractivity contribution in [1.82, 2.24) is 9.88 Å². The van der Waals surface area contributed by atoms with Crippen molar-refractivity contribution in [3.05, 3.63) is 42.2 Å². The van der Waals surface area contributed by atoms with Crippen LogP contribution in [-0.2, 0) is 6.54 Å². The van der Waals surface area contributed by atoms with Gasteiger partial charge in [-0.3, -0.25) is 9.88 Å². The number of aromatic nitrogens is 1. The van der Waals surface area contributed by atoms with Crippen molar-refractivity contribution < 1.29 is 0 Å². The van der Waals surface area contributed by atoms with Crippen LogP contribution >= 0.6 is 0 Å². The predicted octanol–water partition coefficient (Wildman–Crippen LogP) is 2.16. The van der Waals surface area contributed by atoms with Gasteiger partial charge in [-0.2, -0.15) is 0 Å². The van der Waals surface area contributed by atoms with Gasteiger partial charge in [0.15, 0.2) is 0 Å². The highest BCUT2D eigenvalue weighted by Crippen LogP contribution is 2.20. The summed E-state index contributed by atoms with van der Waals surface area (Å²) < 4.78 is 0. The van der Waals surface area contributed by atoms with Gasteiger partial charge in [-0.05, 0) is 30.3 Å². The van der Waals surface area contributed by atoms with Gasteiger partial charge in [0, 0.05) is 36.9 Å². The van der Waals surface area contributed by atoms with Crippen LogP contribution in [0, 0.1) is 0 Å². The second kappa shape index (κ2) is 5.04. The molecule has 0 saturated carbocycles. The maximum Gasteiger partial charge on any atom is 0.0346 e. The molecule has 0 radical (unpaired) electrons. The number of hydrogen-bond acceptors (Lipinski definition) is 3. The molecule has 2 aromatic rings. The largest absolute Gasteiger partial charge is 0.327 e. The van der Waals surface area contributed by atoms with Crippen LogP contribution in [-0.4, -0.2) is 29.0 Å². The van der Waals surface area contributed by atoms with Crippen LogP contribution in [0.25, 0.3) is 10.8 Å². The maximum atomic E-state index is 6.03. The summed E-state index contributed by atoms with van der Waals surface area (Å²) in [5, 5.41) is 2.53. The SMILES string of the molecule is NC1CCCN(Cc2cncc3ccccc23)C1. The molecule has 3 heteroatoms. The van der Waals surface area contributed by atoms with Gasteiger partial charge in [-0.15, -0.1) is 0 Å². The third-order valence-corrected chi connectivity index (χ3v) is 3.69. The summed E-state index contributed by atoms with van der Waals surface area (Å²) in [5.41, 5.74) is 7.34. The second-order valence-electron chi connectivity index (χ2n) is 5.16. The Morgan fingerprint density at radius 2 is 2.17 bits per heavy atom. The summed E-state index contributed by atoms with van der Waals surface area (Å²) in [7, 11) is 0. The third kappa shape index (κ3) is 2.37. The van der Waals surface area contributed by atoms with E-state index in [-0.39, 0.29) is 0 Å². The molecule has 1 saturated heterocycles. The molecule has 1 atom stereocenters. The molecule has 94 valence electrons. The first kappa shape index (κ1) is 11.6. The highest BCUT2D eigenvalue weighted by Gasteiger charge is 2.17. The van der Waals surface area contributed by atoms with E-state index in [1.165, 1.54) is 22.8 Å². The fourth-order valence-corrected chi connectivity index (χ4v) is 2.78. The zero-order valence-electron chi connectivity index (χ0n) is 10.5. The molecule has 3 nitrogen and oxygen atoms in total. The summed E-state index contributed by atoms with van der Waals surface area (Å²) >= 11 is 0. The van der Waals surface area contributed by atoms with Crippen LogP contribution < -0.4 is 5.73 Å². The average molecular weight is 241 g/mol. The number of benzene rings is 1. The normalized spacial score (nSPS) is 21.3. The van der Waals surface area contributed by atoms with Gasteiger partial charge in [0.05, 0.1) is 0 Å². The minimum Gasteiger partial charge on any atom is -0.327 e. The second-order valence-corrected chi connectivity index (χ2v) is 5.16. The lowest BCUT2D eigenvalue weighted by atomic mass is 10.0. The Balaban J connectivity index is 1.86. The molecule has 0 bridgehead atoms. The van der Waals surface area contributed by atoms with Crippen LogP contribution in [0.3, 0.4) is 0 Å². The van der Waals surface area contributed by atoms with Gasteiger partial charge in [0.25, 0.3) is 0 Å². The first-order valence-corrected chi connectivity index (χ1v) is 6.62. The van der Waals surface area contributed by atoms with Crippen LogP contribution in [0.2, 0.25) is 0 Å². The molecule has 1 fully saturated rings. The van der Waals surface area contributed by atoms with E-state index in [2.05, 4.69) is 34.1 Å². The molecule has 1 aromatic heterocycles. The van der Waals surface area contributed by atoms with Gasteiger partial charge in [0.1, 0.15) is 0 Å². The molecule has 0 spiro atoms. The van der Waals surface area contributed by atoms with Crippen molar-refractivity contribution in [2.75, 3.05) is 13.1 Å². The Morgan fingerprint density at radius 1 is 1.28 bits per heavy atom. The molecule has 2 heterocycles. The number of nitrogens with zero attached hydrogens (tertiary/aromatic N) is 2. The Labute approximate surface area is 108 Å². The Hall–Kier alpha value is -1.45. The summed E-state index contributed by atoms with van der Waals surface area (Å²) in [5.74, 6) is 0. The molecule has 3 rings (SSSR count). The number of rotatable bonds is 2. The quantitative estimate of drug-likeness (QED) is 0.876. The molecule has 1 unspecified atom stereocenters. The first-order chi connectivity index (χ1) is 8.83. The zero-order chi connectivity index (χ0) is 12.4. The van der Waals surface area contributed by atoms with Crippen LogP contribution in [0.4, 0.5) is 0 Å². The minimum absolute atomic E-state index is 0.335. The average Bonchev–Trinajstić information content (AvgIpc) is 2.39. The number of pyridine rings is 1. The smallest absolute Gasteiger partial charge is 0.0346 e. The van der Waals surface area contributed by atoms with Gasteiger partial charge < -0.3 is 5.73 Å². The standard InChI is InChI=1S/C15H19N3/c16-14-5-3-7-18(11-14)10-13-9-17-8-12-4-1-2-6-15(12)13/h1-2,4,6,8-9,14H,3,5,7,10-11,16H2. The van der Waals surface area contributed by atoms with Crippen LogP contribution in [0.15, 0.2) is 36.7 Å². The Bertz CT molecular complexity index is 533. The van der Waals surface area contributed by atoms with E-state index < -0.39 is 0 Å². The van der Waals surface area contributed by atoms with Gasteiger partial charge in [-0.1, -0.05) is 24.3 Å². The van der Waals surface area contributed by atoms with E-state index in [0.717, 1.165) is 26.1 Å². The monoisotopic (exact) mass is 241 g/mol. The zero-order valence-corrected chi connectivity index (χ0v) is 10.5. The molecule has 18 heavy (non-hydrogen) atoms. The van der Waals surface area contributed by atoms with Gasteiger partial charge >= 0.3 is 0 Å². The summed E-state index contributed by atoms with van der Waals surface area (Å²) in [6, 6.07) is 8.78. The Morgan fingerprint density at radius 3 is 3.06 bits per heavy atom. The Kier molecular flexibility index (Phi) is 3.26. The van der Waals surface area contributed by atoms with Crippen molar-refractivity contribution in [3.8, 4) is 0 Å². The van der Waals surface area contributed by atoms with Gasteiger partial charge in [-0.25, -0.2) is 0 Å². The van der Waals surface area contributed by atoms with Crippen molar-refractivity contribution in [2.24, 2.45) is 5.73 Å². The van der Waals surface area contributed by atoms with Crippen molar-refractivity contribution in [1.29, 1.82) is 0 Å². The van der Waals surface area contributed by atoms with Crippen molar-refractivity contribution >= 4 is 10.8 Å². The van der Waals surface area contributed by atoms with Crippen molar-refractivity contribution in [3.63, 3.8) is 0 Å². The molecule has 0 amide bonds. The van der Waals surface area contributed by atoms with Crippen LogP contribution in [0.1, 0.15) is 18.4 Å². The number of hydrogen-bond donors (Lipinski definition) is 1. The van der Waals surface area contributed by atoms with E-state index in [4.69, 9.17) is 5.73 Å². The third-order valence-electron chi connectivity index (χ3n) is 3.69. The van der Waals surface area contributed by atoms with E-state index >= 15 is 0 Å².